The van der Waals surface area contributed by atoms with Crippen molar-refractivity contribution in [3.8, 4) is 5.75 Å². The van der Waals surface area contributed by atoms with Crippen molar-refractivity contribution in [3.63, 3.8) is 0 Å². The molecular weight excluding hydrogens is 426 g/mol. The molecule has 0 spiro atoms. The highest BCUT2D eigenvalue weighted by Crippen LogP contribution is 2.42. The van der Waals surface area contributed by atoms with Crippen molar-refractivity contribution in [2.75, 3.05) is 11.5 Å². The van der Waals surface area contributed by atoms with Crippen molar-refractivity contribution in [1.29, 1.82) is 0 Å². The number of nitrogens with zero attached hydrogens (tertiary/aromatic N) is 3. The quantitative estimate of drug-likeness (QED) is 0.437. The van der Waals surface area contributed by atoms with Crippen LogP contribution in [0.3, 0.4) is 0 Å². The van der Waals surface area contributed by atoms with Gasteiger partial charge in [0.15, 0.2) is 5.43 Å². The largest absolute Gasteiger partial charge is 0.494 e. The second-order valence-corrected chi connectivity index (χ2v) is 8.93. The van der Waals surface area contributed by atoms with Crippen molar-refractivity contribution in [3.05, 3.63) is 80.1 Å². The summed E-state index contributed by atoms with van der Waals surface area (Å²) in [6.07, 6.45) is 0.907. The van der Waals surface area contributed by atoms with Gasteiger partial charge >= 0.3 is 0 Å². The van der Waals surface area contributed by atoms with Gasteiger partial charge in [-0.25, -0.2) is 0 Å². The van der Waals surface area contributed by atoms with Crippen LogP contribution in [0.4, 0.5) is 5.13 Å². The lowest BCUT2D eigenvalue weighted by atomic mass is 9.98. The van der Waals surface area contributed by atoms with E-state index in [0.29, 0.717) is 28.3 Å². The van der Waals surface area contributed by atoms with E-state index in [-0.39, 0.29) is 11.2 Å². The van der Waals surface area contributed by atoms with E-state index in [0.717, 1.165) is 28.3 Å². The summed E-state index contributed by atoms with van der Waals surface area (Å²) in [5, 5.41) is 9.86. The van der Waals surface area contributed by atoms with Gasteiger partial charge in [-0.1, -0.05) is 42.0 Å². The molecule has 1 atom stereocenters. The number of rotatable bonds is 5. The number of carbonyl (C=O) groups is 1. The molecule has 2 aromatic heterocycles. The van der Waals surface area contributed by atoms with E-state index in [9.17, 15) is 9.59 Å². The lowest BCUT2D eigenvalue weighted by Crippen LogP contribution is -2.29. The first-order valence-electron chi connectivity index (χ1n) is 10.4. The van der Waals surface area contributed by atoms with Crippen molar-refractivity contribution >= 4 is 33.3 Å². The van der Waals surface area contributed by atoms with E-state index >= 15 is 0 Å². The maximum atomic E-state index is 13.6. The molecule has 4 aromatic rings. The molecule has 1 aliphatic heterocycles. The summed E-state index contributed by atoms with van der Waals surface area (Å²) in [7, 11) is 0. The standard InChI is InChI=1S/C24H21N3O4S/c1-4-11-30-16-8-6-15(7-9-16)20-19-21(28)17-12-13(2)5-10-18(17)31-22(19)23(29)27(20)24-26-25-14(3)32-24/h5-10,12,20H,4,11H2,1-3H3. The fourth-order valence-corrected chi connectivity index (χ4v) is 4.66. The van der Waals surface area contributed by atoms with E-state index < -0.39 is 11.9 Å². The predicted molar refractivity (Wildman–Crippen MR) is 123 cm³/mol. The van der Waals surface area contributed by atoms with Gasteiger partial charge in [0.2, 0.25) is 10.9 Å². The van der Waals surface area contributed by atoms with Gasteiger partial charge in [-0.3, -0.25) is 14.5 Å². The van der Waals surface area contributed by atoms with Crippen LogP contribution in [0.25, 0.3) is 11.0 Å². The monoisotopic (exact) mass is 447 g/mol. The number of anilines is 1. The number of amides is 1. The van der Waals surface area contributed by atoms with Crippen LogP contribution < -0.4 is 15.1 Å². The van der Waals surface area contributed by atoms with Gasteiger partial charge in [-0.15, -0.1) is 10.2 Å². The van der Waals surface area contributed by atoms with Crippen LogP contribution in [-0.4, -0.2) is 22.7 Å². The third-order valence-corrected chi connectivity index (χ3v) is 6.25. The first-order chi connectivity index (χ1) is 15.5. The summed E-state index contributed by atoms with van der Waals surface area (Å²) >= 11 is 1.30. The zero-order chi connectivity index (χ0) is 22.4. The number of aromatic nitrogens is 2. The van der Waals surface area contributed by atoms with Gasteiger partial charge in [0, 0.05) is 0 Å². The highest BCUT2D eigenvalue weighted by atomic mass is 32.1. The Labute approximate surface area is 188 Å². The molecule has 1 unspecified atom stereocenters. The van der Waals surface area contributed by atoms with Gasteiger partial charge in [-0.2, -0.15) is 0 Å². The first-order valence-corrected chi connectivity index (χ1v) is 11.2. The van der Waals surface area contributed by atoms with Crippen LogP contribution in [-0.2, 0) is 0 Å². The summed E-state index contributed by atoms with van der Waals surface area (Å²) in [5.41, 5.74) is 2.22. The van der Waals surface area contributed by atoms with E-state index in [2.05, 4.69) is 10.2 Å². The smallest absolute Gasteiger partial charge is 0.297 e. The minimum Gasteiger partial charge on any atom is -0.494 e. The Hall–Kier alpha value is -3.52. The Morgan fingerprint density at radius 1 is 1.09 bits per heavy atom. The molecule has 0 saturated heterocycles. The minimum atomic E-state index is -0.661. The Morgan fingerprint density at radius 2 is 1.88 bits per heavy atom. The fourth-order valence-electron chi connectivity index (χ4n) is 3.95. The zero-order valence-corrected chi connectivity index (χ0v) is 18.7. The molecule has 32 heavy (non-hydrogen) atoms. The molecule has 1 amide bonds. The summed E-state index contributed by atoms with van der Waals surface area (Å²) in [4.78, 5) is 28.6. The first kappa shape index (κ1) is 20.4. The van der Waals surface area contributed by atoms with Crippen LogP contribution >= 0.6 is 11.3 Å². The number of hydrogen-bond acceptors (Lipinski definition) is 7. The Morgan fingerprint density at radius 3 is 2.56 bits per heavy atom. The van der Waals surface area contributed by atoms with Crippen LogP contribution in [0.2, 0.25) is 0 Å². The highest BCUT2D eigenvalue weighted by Gasteiger charge is 2.45. The van der Waals surface area contributed by atoms with Crippen LogP contribution in [0, 0.1) is 13.8 Å². The van der Waals surface area contributed by atoms with Crippen LogP contribution in [0.5, 0.6) is 5.75 Å². The lowest BCUT2D eigenvalue weighted by molar-refractivity contribution is 0.0970. The summed E-state index contributed by atoms with van der Waals surface area (Å²) in [5.74, 6) is 0.391. The van der Waals surface area contributed by atoms with E-state index in [1.807, 2.05) is 51.1 Å². The molecule has 0 N–H and O–H groups in total. The van der Waals surface area contributed by atoms with Crippen molar-refractivity contribution < 1.29 is 13.9 Å². The zero-order valence-electron chi connectivity index (χ0n) is 17.9. The SMILES string of the molecule is CCCOc1ccc(C2c3c(oc4ccc(C)cc4c3=O)C(=O)N2c2nnc(C)s2)cc1. The third-order valence-electron chi connectivity index (χ3n) is 5.42. The highest BCUT2D eigenvalue weighted by molar-refractivity contribution is 7.15. The molecule has 7 nitrogen and oxygen atoms in total. The molecule has 0 fully saturated rings. The maximum absolute atomic E-state index is 13.6. The summed E-state index contributed by atoms with van der Waals surface area (Å²) < 4.78 is 11.7. The van der Waals surface area contributed by atoms with Gasteiger partial charge in [0.25, 0.3) is 5.91 Å². The number of ether oxygens (including phenoxy) is 1. The molecule has 0 aliphatic carbocycles. The van der Waals surface area contributed by atoms with Crippen LogP contribution in [0.1, 0.15) is 51.6 Å². The van der Waals surface area contributed by atoms with Gasteiger partial charge in [0.1, 0.15) is 16.3 Å². The normalized spacial score (nSPS) is 15.4. The number of benzene rings is 2. The topological polar surface area (TPSA) is 85.5 Å². The third kappa shape index (κ3) is 3.27. The second kappa shape index (κ2) is 7.87. The Kier molecular flexibility index (Phi) is 5.01. The van der Waals surface area contributed by atoms with Gasteiger partial charge < -0.3 is 9.15 Å². The molecule has 0 radical (unpaired) electrons. The molecule has 0 bridgehead atoms. The van der Waals surface area contributed by atoms with E-state index in [1.54, 1.807) is 12.1 Å². The van der Waals surface area contributed by atoms with Crippen LogP contribution in [0.15, 0.2) is 51.7 Å². The van der Waals surface area contributed by atoms with Gasteiger partial charge in [-0.05, 0) is 50.1 Å². The summed E-state index contributed by atoms with van der Waals surface area (Å²) in [6.45, 7) is 6.40. The number of carbonyl (C=O) groups excluding carboxylic acids is 1. The Bertz CT molecular complexity index is 1390. The maximum Gasteiger partial charge on any atom is 0.297 e. The molecule has 8 heteroatoms. The van der Waals surface area contributed by atoms with Crippen molar-refractivity contribution in [2.45, 2.75) is 33.2 Å². The average molecular weight is 448 g/mol. The molecule has 0 saturated carbocycles. The molecule has 5 rings (SSSR count). The number of fused-ring (bicyclic) bond motifs is 2. The predicted octanol–water partition coefficient (Wildman–Crippen LogP) is 4.80. The Balaban J connectivity index is 1.72. The molecule has 1 aliphatic rings. The molecular formula is C24H21N3O4S. The van der Waals surface area contributed by atoms with E-state index in [4.69, 9.17) is 9.15 Å². The second-order valence-electron chi connectivity index (χ2n) is 7.77. The summed E-state index contributed by atoms with van der Waals surface area (Å²) in [6, 6.07) is 12.2. The fraction of sp³-hybridized carbons (Fsp3) is 0.250. The number of aryl methyl sites for hydroxylation is 2. The minimum absolute atomic E-state index is 0.0514. The molecule has 2 aromatic carbocycles. The average Bonchev–Trinajstić information content (AvgIpc) is 3.34. The number of hydrogen-bond donors (Lipinski definition) is 0. The van der Waals surface area contributed by atoms with Gasteiger partial charge in [0.05, 0.1) is 23.6 Å². The van der Waals surface area contributed by atoms with Crippen molar-refractivity contribution in [2.24, 2.45) is 0 Å². The van der Waals surface area contributed by atoms with Crippen molar-refractivity contribution in [1.82, 2.24) is 10.2 Å². The molecule has 3 heterocycles. The lowest BCUT2D eigenvalue weighted by Gasteiger charge is -2.22. The molecule has 162 valence electrons. The van der Waals surface area contributed by atoms with E-state index in [1.165, 1.54) is 16.2 Å².